The van der Waals surface area contributed by atoms with Crippen molar-refractivity contribution in [3.8, 4) is 5.75 Å². The van der Waals surface area contributed by atoms with E-state index < -0.39 is 6.10 Å². The van der Waals surface area contributed by atoms with Gasteiger partial charge >= 0.3 is 0 Å². The number of methoxy groups -OCH3 is 1. The summed E-state index contributed by atoms with van der Waals surface area (Å²) in [5, 5.41) is 11.9. The SMILES string of the molecule is COc1c(C)cc(C(O)c2cc3ccccc3s2)cc1C. The van der Waals surface area contributed by atoms with Crippen LogP contribution >= 0.6 is 11.3 Å². The number of aliphatic hydroxyl groups is 1. The molecular weight excluding hydrogens is 280 g/mol. The molecule has 0 bridgehead atoms. The standard InChI is InChI=1S/C18H18O2S/c1-11-8-14(9-12(2)18(11)20-3)17(19)16-10-13-6-4-5-7-15(13)21-16/h4-10,17,19H,1-3H3. The Kier molecular flexibility index (Phi) is 3.70. The van der Waals surface area contributed by atoms with Crippen LogP contribution in [-0.4, -0.2) is 12.2 Å². The number of ether oxygens (including phenoxy) is 1. The second-order valence-electron chi connectivity index (χ2n) is 5.28. The van der Waals surface area contributed by atoms with Crippen LogP contribution in [0.5, 0.6) is 5.75 Å². The van der Waals surface area contributed by atoms with Crippen molar-refractivity contribution < 1.29 is 9.84 Å². The molecule has 2 aromatic carbocycles. The second-order valence-corrected chi connectivity index (χ2v) is 6.39. The molecule has 0 saturated carbocycles. The van der Waals surface area contributed by atoms with Crippen molar-refractivity contribution in [3.05, 3.63) is 64.0 Å². The molecule has 1 N–H and O–H groups in total. The van der Waals surface area contributed by atoms with Crippen molar-refractivity contribution in [1.82, 2.24) is 0 Å². The van der Waals surface area contributed by atoms with E-state index in [1.54, 1.807) is 18.4 Å². The minimum absolute atomic E-state index is 0.592. The maximum atomic E-state index is 10.7. The molecule has 0 fully saturated rings. The van der Waals surface area contributed by atoms with E-state index in [4.69, 9.17) is 4.74 Å². The minimum Gasteiger partial charge on any atom is -0.496 e. The highest BCUT2D eigenvalue weighted by molar-refractivity contribution is 7.19. The van der Waals surface area contributed by atoms with Crippen LogP contribution in [-0.2, 0) is 0 Å². The summed E-state index contributed by atoms with van der Waals surface area (Å²) in [6, 6.07) is 14.3. The molecule has 1 aromatic heterocycles. The van der Waals surface area contributed by atoms with Gasteiger partial charge < -0.3 is 9.84 Å². The zero-order valence-electron chi connectivity index (χ0n) is 12.4. The molecule has 108 valence electrons. The van der Waals surface area contributed by atoms with Crippen LogP contribution in [0.4, 0.5) is 0 Å². The van der Waals surface area contributed by atoms with Gasteiger partial charge in [-0.15, -0.1) is 11.3 Å². The summed E-state index contributed by atoms with van der Waals surface area (Å²) in [7, 11) is 1.68. The molecule has 0 aliphatic rings. The number of benzene rings is 2. The van der Waals surface area contributed by atoms with Gasteiger partial charge in [0.15, 0.2) is 0 Å². The smallest absolute Gasteiger partial charge is 0.124 e. The lowest BCUT2D eigenvalue weighted by Crippen LogP contribution is -2.00. The lowest BCUT2D eigenvalue weighted by atomic mass is 10.0. The highest BCUT2D eigenvalue weighted by atomic mass is 32.1. The Balaban J connectivity index is 2.03. The monoisotopic (exact) mass is 298 g/mol. The molecule has 3 aromatic rings. The first kappa shape index (κ1) is 14.1. The summed E-state index contributed by atoms with van der Waals surface area (Å²) < 4.78 is 6.59. The van der Waals surface area contributed by atoms with Gasteiger partial charge in [-0.3, -0.25) is 0 Å². The number of fused-ring (bicyclic) bond motifs is 1. The van der Waals surface area contributed by atoms with Crippen molar-refractivity contribution in [1.29, 1.82) is 0 Å². The fourth-order valence-corrected chi connectivity index (χ4v) is 3.84. The predicted molar refractivity (Wildman–Crippen MR) is 88.4 cm³/mol. The second kappa shape index (κ2) is 5.51. The van der Waals surface area contributed by atoms with Crippen molar-refractivity contribution in [2.24, 2.45) is 0 Å². The molecule has 1 unspecified atom stereocenters. The van der Waals surface area contributed by atoms with E-state index in [9.17, 15) is 5.11 Å². The number of aryl methyl sites for hydroxylation is 2. The van der Waals surface area contributed by atoms with E-state index in [2.05, 4.69) is 18.2 Å². The molecule has 0 amide bonds. The number of hydrogen-bond donors (Lipinski definition) is 1. The molecule has 3 rings (SSSR count). The fourth-order valence-electron chi connectivity index (χ4n) is 2.77. The first-order chi connectivity index (χ1) is 10.1. The topological polar surface area (TPSA) is 29.5 Å². The molecule has 0 radical (unpaired) electrons. The van der Waals surface area contributed by atoms with E-state index in [-0.39, 0.29) is 0 Å². The molecule has 0 saturated heterocycles. The number of aliphatic hydroxyl groups excluding tert-OH is 1. The number of hydrogen-bond acceptors (Lipinski definition) is 3. The zero-order valence-corrected chi connectivity index (χ0v) is 13.2. The maximum absolute atomic E-state index is 10.7. The molecule has 21 heavy (non-hydrogen) atoms. The van der Waals surface area contributed by atoms with E-state index in [0.29, 0.717) is 0 Å². The van der Waals surface area contributed by atoms with Gasteiger partial charge in [-0.05, 0) is 60.2 Å². The first-order valence-electron chi connectivity index (χ1n) is 6.92. The molecule has 0 aliphatic heterocycles. The van der Waals surface area contributed by atoms with Crippen molar-refractivity contribution in [2.45, 2.75) is 20.0 Å². The molecule has 3 heteroatoms. The largest absolute Gasteiger partial charge is 0.496 e. The highest BCUT2D eigenvalue weighted by Gasteiger charge is 2.16. The average Bonchev–Trinajstić information content (AvgIpc) is 2.90. The van der Waals surface area contributed by atoms with Crippen LogP contribution in [0.1, 0.15) is 27.7 Å². The highest BCUT2D eigenvalue weighted by Crippen LogP contribution is 2.35. The Hall–Kier alpha value is -1.84. The van der Waals surface area contributed by atoms with Crippen LogP contribution in [0.25, 0.3) is 10.1 Å². The number of thiophene rings is 1. The Morgan fingerprint density at radius 1 is 1.05 bits per heavy atom. The van der Waals surface area contributed by atoms with E-state index in [1.807, 2.05) is 38.1 Å². The molecule has 0 spiro atoms. The van der Waals surface area contributed by atoms with Crippen LogP contribution in [0.2, 0.25) is 0 Å². The molecule has 2 nitrogen and oxygen atoms in total. The predicted octanol–water partition coefficient (Wildman–Crippen LogP) is 4.61. The van der Waals surface area contributed by atoms with Gasteiger partial charge in [-0.1, -0.05) is 18.2 Å². The normalized spacial score (nSPS) is 12.6. The van der Waals surface area contributed by atoms with Gasteiger partial charge in [0.2, 0.25) is 0 Å². The van der Waals surface area contributed by atoms with Gasteiger partial charge in [-0.2, -0.15) is 0 Å². The van der Waals surface area contributed by atoms with Gasteiger partial charge in [0.1, 0.15) is 11.9 Å². The molecule has 1 atom stereocenters. The Bertz CT molecular complexity index is 733. The number of rotatable bonds is 3. The quantitative estimate of drug-likeness (QED) is 0.765. The average molecular weight is 298 g/mol. The summed E-state index contributed by atoms with van der Waals surface area (Å²) in [5.74, 6) is 0.891. The maximum Gasteiger partial charge on any atom is 0.124 e. The molecule has 1 heterocycles. The lowest BCUT2D eigenvalue weighted by molar-refractivity contribution is 0.224. The third kappa shape index (κ3) is 2.55. The van der Waals surface area contributed by atoms with Crippen molar-refractivity contribution in [2.75, 3.05) is 7.11 Å². The van der Waals surface area contributed by atoms with E-state index >= 15 is 0 Å². The van der Waals surface area contributed by atoms with E-state index in [0.717, 1.165) is 27.3 Å². The van der Waals surface area contributed by atoms with Crippen LogP contribution in [0, 0.1) is 13.8 Å². The summed E-state index contributed by atoms with van der Waals surface area (Å²) in [4.78, 5) is 0.972. The fraction of sp³-hybridized carbons (Fsp3) is 0.222. The van der Waals surface area contributed by atoms with Gasteiger partial charge in [0.05, 0.1) is 7.11 Å². The summed E-state index contributed by atoms with van der Waals surface area (Å²) in [5.41, 5.74) is 3.01. The zero-order chi connectivity index (χ0) is 15.0. The van der Waals surface area contributed by atoms with Gasteiger partial charge in [0.25, 0.3) is 0 Å². The van der Waals surface area contributed by atoms with Crippen LogP contribution in [0.3, 0.4) is 0 Å². The summed E-state index contributed by atoms with van der Waals surface area (Å²) in [6.45, 7) is 4.01. The summed E-state index contributed by atoms with van der Waals surface area (Å²) in [6.07, 6.45) is -0.592. The van der Waals surface area contributed by atoms with Crippen molar-refractivity contribution >= 4 is 21.4 Å². The van der Waals surface area contributed by atoms with Gasteiger partial charge in [0, 0.05) is 9.58 Å². The Morgan fingerprint density at radius 3 is 2.33 bits per heavy atom. The minimum atomic E-state index is -0.592. The molecule has 0 aliphatic carbocycles. The third-order valence-corrected chi connectivity index (χ3v) is 4.89. The summed E-state index contributed by atoms with van der Waals surface area (Å²) >= 11 is 1.64. The molecular formula is C18H18O2S. The van der Waals surface area contributed by atoms with Gasteiger partial charge in [-0.25, -0.2) is 0 Å². The van der Waals surface area contributed by atoms with Crippen LogP contribution < -0.4 is 4.74 Å². The van der Waals surface area contributed by atoms with Crippen molar-refractivity contribution in [3.63, 3.8) is 0 Å². The third-order valence-electron chi connectivity index (χ3n) is 3.72. The Labute approximate surface area is 128 Å². The lowest BCUT2D eigenvalue weighted by Gasteiger charge is -2.14. The first-order valence-corrected chi connectivity index (χ1v) is 7.73. The van der Waals surface area contributed by atoms with Crippen LogP contribution in [0.15, 0.2) is 42.5 Å². The Morgan fingerprint density at radius 2 is 1.71 bits per heavy atom. The van der Waals surface area contributed by atoms with E-state index in [1.165, 1.54) is 10.1 Å².